The van der Waals surface area contributed by atoms with Crippen molar-refractivity contribution in [2.75, 3.05) is 18.2 Å². The molecule has 104 valence electrons. The predicted molar refractivity (Wildman–Crippen MR) is 72.3 cm³/mol. The first-order chi connectivity index (χ1) is 8.85. The Kier molecular flexibility index (Phi) is 4.74. The lowest BCUT2D eigenvalue weighted by Gasteiger charge is -2.14. The number of amides is 1. The Bertz CT molecular complexity index is 498. The molecular formula is C13H18N2O4. The number of esters is 1. The smallest absolute Gasteiger partial charge is 0.340 e. The van der Waals surface area contributed by atoms with Crippen LogP contribution in [0.2, 0.25) is 0 Å². The van der Waals surface area contributed by atoms with Crippen molar-refractivity contribution in [3.63, 3.8) is 0 Å². The lowest BCUT2D eigenvalue weighted by atomic mass is 10.1. The van der Waals surface area contributed by atoms with Crippen LogP contribution in [0.15, 0.2) is 12.1 Å². The van der Waals surface area contributed by atoms with Crippen molar-refractivity contribution < 1.29 is 19.1 Å². The van der Waals surface area contributed by atoms with E-state index in [1.165, 1.54) is 20.1 Å². The van der Waals surface area contributed by atoms with Crippen LogP contribution >= 0.6 is 0 Å². The minimum Gasteiger partial charge on any atom is -0.494 e. The molecule has 6 nitrogen and oxygen atoms in total. The van der Waals surface area contributed by atoms with Crippen LogP contribution in [0.4, 0.5) is 11.4 Å². The number of anilines is 2. The van der Waals surface area contributed by atoms with Gasteiger partial charge < -0.3 is 20.5 Å². The van der Waals surface area contributed by atoms with E-state index in [9.17, 15) is 9.59 Å². The third-order valence-electron chi connectivity index (χ3n) is 2.25. The first kappa shape index (κ1) is 14.8. The van der Waals surface area contributed by atoms with Gasteiger partial charge in [0.2, 0.25) is 5.91 Å². The second-order valence-corrected chi connectivity index (χ2v) is 4.27. The number of rotatable bonds is 4. The summed E-state index contributed by atoms with van der Waals surface area (Å²) < 4.78 is 10.2. The Morgan fingerprint density at radius 1 is 1.32 bits per heavy atom. The lowest BCUT2D eigenvalue weighted by Crippen LogP contribution is -2.15. The maximum Gasteiger partial charge on any atom is 0.340 e. The molecule has 1 rings (SSSR count). The van der Waals surface area contributed by atoms with Crippen LogP contribution in [0.5, 0.6) is 5.75 Å². The predicted octanol–water partition coefficient (Wildman–Crippen LogP) is 1.80. The van der Waals surface area contributed by atoms with Crippen LogP contribution in [0.25, 0.3) is 0 Å². The van der Waals surface area contributed by atoms with Crippen molar-refractivity contribution >= 4 is 23.3 Å². The van der Waals surface area contributed by atoms with Crippen molar-refractivity contribution in [1.29, 1.82) is 0 Å². The van der Waals surface area contributed by atoms with Gasteiger partial charge in [0.15, 0.2) is 0 Å². The summed E-state index contributed by atoms with van der Waals surface area (Å²) in [7, 11) is 1.43. The normalized spacial score (nSPS) is 10.2. The third-order valence-corrected chi connectivity index (χ3v) is 2.25. The van der Waals surface area contributed by atoms with Gasteiger partial charge in [-0.25, -0.2) is 4.79 Å². The van der Waals surface area contributed by atoms with E-state index in [2.05, 4.69) is 5.32 Å². The number of hydrogen-bond donors (Lipinski definition) is 2. The van der Waals surface area contributed by atoms with Crippen LogP contribution < -0.4 is 15.8 Å². The zero-order valence-electron chi connectivity index (χ0n) is 11.4. The monoisotopic (exact) mass is 266 g/mol. The highest BCUT2D eigenvalue weighted by Gasteiger charge is 2.18. The van der Waals surface area contributed by atoms with E-state index in [1.807, 2.05) is 0 Å². The summed E-state index contributed by atoms with van der Waals surface area (Å²) in [5.41, 5.74) is 6.60. The van der Waals surface area contributed by atoms with E-state index in [0.29, 0.717) is 11.4 Å². The highest BCUT2D eigenvalue weighted by atomic mass is 16.5. The van der Waals surface area contributed by atoms with E-state index in [1.54, 1.807) is 19.9 Å². The van der Waals surface area contributed by atoms with Crippen LogP contribution in [0, 0.1) is 0 Å². The first-order valence-electron chi connectivity index (χ1n) is 5.81. The first-order valence-corrected chi connectivity index (χ1v) is 5.81. The van der Waals surface area contributed by atoms with Crippen molar-refractivity contribution in [2.24, 2.45) is 0 Å². The molecule has 0 aliphatic rings. The van der Waals surface area contributed by atoms with Crippen molar-refractivity contribution in [3.05, 3.63) is 17.7 Å². The third kappa shape index (κ3) is 3.87. The van der Waals surface area contributed by atoms with Gasteiger partial charge in [-0.05, 0) is 19.9 Å². The number of ether oxygens (including phenoxy) is 2. The quantitative estimate of drug-likeness (QED) is 0.640. The summed E-state index contributed by atoms with van der Waals surface area (Å²) in [6.45, 7) is 4.85. The average molecular weight is 266 g/mol. The van der Waals surface area contributed by atoms with Crippen LogP contribution in [0.1, 0.15) is 31.1 Å². The van der Waals surface area contributed by atoms with E-state index in [-0.39, 0.29) is 23.3 Å². The molecule has 0 saturated carbocycles. The van der Waals surface area contributed by atoms with Crippen LogP contribution in [0.3, 0.4) is 0 Å². The Hall–Kier alpha value is -2.24. The van der Waals surface area contributed by atoms with Crippen LogP contribution in [-0.4, -0.2) is 25.1 Å². The molecule has 1 amide bonds. The highest BCUT2D eigenvalue weighted by molar-refractivity contribution is 5.99. The van der Waals surface area contributed by atoms with Gasteiger partial charge in [0.05, 0.1) is 24.5 Å². The maximum absolute atomic E-state index is 11.9. The molecule has 0 aliphatic carbocycles. The molecule has 3 N–H and O–H groups in total. The van der Waals surface area contributed by atoms with E-state index in [0.717, 1.165) is 0 Å². The molecule has 0 aliphatic heterocycles. The molecular weight excluding hydrogens is 248 g/mol. The number of nitrogens with one attached hydrogen (secondary N) is 1. The molecule has 0 bridgehead atoms. The number of nitrogens with two attached hydrogens (primary N) is 1. The largest absolute Gasteiger partial charge is 0.494 e. The molecule has 0 radical (unpaired) electrons. The van der Waals surface area contributed by atoms with E-state index >= 15 is 0 Å². The molecule has 1 aromatic carbocycles. The Labute approximate surface area is 111 Å². The number of hydrogen-bond acceptors (Lipinski definition) is 5. The molecule has 0 saturated heterocycles. The fraction of sp³-hybridized carbons (Fsp3) is 0.385. The summed E-state index contributed by atoms with van der Waals surface area (Å²) >= 11 is 0. The number of benzene rings is 1. The molecule has 0 heterocycles. The topological polar surface area (TPSA) is 90.6 Å². The Morgan fingerprint density at radius 3 is 2.42 bits per heavy atom. The van der Waals surface area contributed by atoms with Gasteiger partial charge in [0.1, 0.15) is 5.75 Å². The second kappa shape index (κ2) is 6.08. The lowest BCUT2D eigenvalue weighted by molar-refractivity contribution is -0.114. The van der Waals surface area contributed by atoms with Gasteiger partial charge >= 0.3 is 5.97 Å². The molecule has 0 unspecified atom stereocenters. The fourth-order valence-electron chi connectivity index (χ4n) is 1.52. The molecule has 0 atom stereocenters. The fourth-order valence-corrected chi connectivity index (χ4v) is 1.52. The molecule has 0 aromatic heterocycles. The van der Waals surface area contributed by atoms with E-state index < -0.39 is 5.97 Å². The van der Waals surface area contributed by atoms with Crippen LogP contribution in [-0.2, 0) is 9.53 Å². The van der Waals surface area contributed by atoms with Gasteiger partial charge in [-0.2, -0.15) is 0 Å². The van der Waals surface area contributed by atoms with Crippen molar-refractivity contribution in [1.82, 2.24) is 0 Å². The number of carbonyl (C=O) groups is 2. The van der Waals surface area contributed by atoms with Gasteiger partial charge in [-0.3, -0.25) is 4.79 Å². The summed E-state index contributed by atoms with van der Waals surface area (Å²) in [5, 5.41) is 2.57. The van der Waals surface area contributed by atoms with Gasteiger partial charge in [-0.15, -0.1) is 0 Å². The zero-order valence-corrected chi connectivity index (χ0v) is 11.4. The standard InChI is InChI=1S/C13H18N2O4/c1-7(2)19-13(17)10-5-9(15-8(3)16)6-11(18-4)12(10)14/h5-7H,14H2,1-4H3,(H,15,16). The van der Waals surface area contributed by atoms with Crippen molar-refractivity contribution in [2.45, 2.75) is 26.9 Å². The van der Waals surface area contributed by atoms with Gasteiger partial charge in [-0.1, -0.05) is 0 Å². The average Bonchev–Trinajstić information content (AvgIpc) is 2.29. The molecule has 19 heavy (non-hydrogen) atoms. The minimum atomic E-state index is -0.557. The maximum atomic E-state index is 11.9. The molecule has 0 fully saturated rings. The molecule has 6 heteroatoms. The Balaban J connectivity index is 3.20. The van der Waals surface area contributed by atoms with Crippen molar-refractivity contribution in [3.8, 4) is 5.75 Å². The Morgan fingerprint density at radius 2 is 1.95 bits per heavy atom. The number of nitrogen functional groups attached to an aromatic ring is 1. The second-order valence-electron chi connectivity index (χ2n) is 4.27. The SMILES string of the molecule is COc1cc(NC(C)=O)cc(C(=O)OC(C)C)c1N. The van der Waals surface area contributed by atoms with Gasteiger partial charge in [0.25, 0.3) is 0 Å². The summed E-state index contributed by atoms with van der Waals surface area (Å²) in [6, 6.07) is 3.01. The number of methoxy groups -OCH3 is 1. The van der Waals surface area contributed by atoms with Gasteiger partial charge in [0, 0.05) is 18.7 Å². The summed E-state index contributed by atoms with van der Waals surface area (Å²) in [6.07, 6.45) is -0.262. The highest BCUT2D eigenvalue weighted by Crippen LogP contribution is 2.30. The summed E-state index contributed by atoms with van der Waals surface area (Å²) in [4.78, 5) is 23.0. The number of carbonyl (C=O) groups excluding carboxylic acids is 2. The van der Waals surface area contributed by atoms with E-state index in [4.69, 9.17) is 15.2 Å². The minimum absolute atomic E-state index is 0.164. The molecule has 1 aromatic rings. The summed E-state index contributed by atoms with van der Waals surface area (Å²) in [5.74, 6) is -0.505. The molecule has 0 spiro atoms. The zero-order chi connectivity index (χ0) is 14.6.